The molecule has 0 radical (unpaired) electrons. The Labute approximate surface area is 102 Å². The van der Waals surface area contributed by atoms with Gasteiger partial charge in [-0.2, -0.15) is 5.26 Å². The number of hydrogen-bond acceptors (Lipinski definition) is 3. The van der Waals surface area contributed by atoms with E-state index in [1.807, 2.05) is 6.92 Å². The number of halogens is 1. The van der Waals surface area contributed by atoms with Gasteiger partial charge in [-0.25, -0.2) is 4.39 Å². The summed E-state index contributed by atoms with van der Waals surface area (Å²) in [6.45, 7) is 3.31. The average molecular weight is 235 g/mol. The second kappa shape index (κ2) is 6.87. The Balaban J connectivity index is 2.62. The standard InChI is InChI=1S/C13H18FN3/c1-3-8-16-11(9-15)10-17(2)13-7-5-4-6-12(13)14/h4-7,11,16H,3,8,10H2,1-2H3. The first-order valence-electron chi connectivity index (χ1n) is 5.77. The van der Waals surface area contributed by atoms with Crippen LogP contribution in [0.15, 0.2) is 24.3 Å². The van der Waals surface area contributed by atoms with Gasteiger partial charge in [-0.1, -0.05) is 19.1 Å². The predicted octanol–water partition coefficient (Wildman–Crippen LogP) is 2.15. The van der Waals surface area contributed by atoms with Gasteiger partial charge < -0.3 is 10.2 Å². The highest BCUT2D eigenvalue weighted by molar-refractivity contribution is 5.47. The molecule has 0 aromatic heterocycles. The molecule has 17 heavy (non-hydrogen) atoms. The highest BCUT2D eigenvalue weighted by Gasteiger charge is 2.12. The fourth-order valence-corrected chi connectivity index (χ4v) is 1.60. The van der Waals surface area contributed by atoms with E-state index in [0.29, 0.717) is 12.2 Å². The van der Waals surface area contributed by atoms with Gasteiger partial charge in [-0.15, -0.1) is 0 Å². The van der Waals surface area contributed by atoms with Gasteiger partial charge in [-0.05, 0) is 25.1 Å². The third kappa shape index (κ3) is 4.04. The van der Waals surface area contributed by atoms with Crippen molar-refractivity contribution >= 4 is 5.69 Å². The van der Waals surface area contributed by atoms with Crippen LogP contribution < -0.4 is 10.2 Å². The summed E-state index contributed by atoms with van der Waals surface area (Å²) in [7, 11) is 1.79. The van der Waals surface area contributed by atoms with Crippen LogP contribution in [-0.2, 0) is 0 Å². The Hall–Kier alpha value is -1.60. The zero-order chi connectivity index (χ0) is 12.7. The number of hydrogen-bond donors (Lipinski definition) is 1. The summed E-state index contributed by atoms with van der Waals surface area (Å²) in [4.78, 5) is 1.76. The summed E-state index contributed by atoms with van der Waals surface area (Å²) in [5, 5.41) is 12.1. The lowest BCUT2D eigenvalue weighted by Gasteiger charge is -2.23. The Morgan fingerprint density at radius 2 is 2.18 bits per heavy atom. The van der Waals surface area contributed by atoms with E-state index in [2.05, 4.69) is 11.4 Å². The highest BCUT2D eigenvalue weighted by Crippen LogP contribution is 2.16. The molecule has 0 saturated carbocycles. The van der Waals surface area contributed by atoms with Crippen LogP contribution in [0.25, 0.3) is 0 Å². The summed E-state index contributed by atoms with van der Waals surface area (Å²) in [5.74, 6) is -0.262. The first-order valence-corrected chi connectivity index (χ1v) is 5.77. The van der Waals surface area contributed by atoms with E-state index in [1.165, 1.54) is 6.07 Å². The molecule has 1 atom stereocenters. The Bertz CT molecular complexity index is 386. The van der Waals surface area contributed by atoms with E-state index < -0.39 is 0 Å². The van der Waals surface area contributed by atoms with Crippen LogP contribution in [0.1, 0.15) is 13.3 Å². The molecule has 1 unspecified atom stereocenters. The maximum absolute atomic E-state index is 13.5. The highest BCUT2D eigenvalue weighted by atomic mass is 19.1. The van der Waals surface area contributed by atoms with Crippen molar-refractivity contribution < 1.29 is 4.39 Å². The van der Waals surface area contributed by atoms with Crippen molar-refractivity contribution in [2.45, 2.75) is 19.4 Å². The minimum Gasteiger partial charge on any atom is -0.370 e. The molecule has 0 bridgehead atoms. The molecule has 1 aromatic rings. The topological polar surface area (TPSA) is 39.1 Å². The van der Waals surface area contributed by atoms with Gasteiger partial charge in [0.1, 0.15) is 11.9 Å². The van der Waals surface area contributed by atoms with Gasteiger partial charge in [0, 0.05) is 13.6 Å². The SMILES string of the molecule is CCCNC(C#N)CN(C)c1ccccc1F. The summed E-state index contributed by atoms with van der Waals surface area (Å²) < 4.78 is 13.5. The van der Waals surface area contributed by atoms with Gasteiger partial charge >= 0.3 is 0 Å². The molecule has 0 amide bonds. The number of benzene rings is 1. The van der Waals surface area contributed by atoms with E-state index in [9.17, 15) is 4.39 Å². The van der Waals surface area contributed by atoms with Crippen LogP contribution >= 0.6 is 0 Å². The summed E-state index contributed by atoms with van der Waals surface area (Å²) in [5.41, 5.74) is 0.519. The third-order valence-corrected chi connectivity index (χ3v) is 2.52. The number of rotatable bonds is 6. The molecule has 92 valence electrons. The summed E-state index contributed by atoms with van der Waals surface area (Å²) in [6, 6.07) is 8.48. The third-order valence-electron chi connectivity index (χ3n) is 2.52. The van der Waals surface area contributed by atoms with Crippen molar-refractivity contribution in [3.63, 3.8) is 0 Å². The maximum Gasteiger partial charge on any atom is 0.146 e. The van der Waals surface area contributed by atoms with E-state index >= 15 is 0 Å². The van der Waals surface area contributed by atoms with Crippen molar-refractivity contribution in [3.05, 3.63) is 30.1 Å². The fraction of sp³-hybridized carbons (Fsp3) is 0.462. The maximum atomic E-state index is 13.5. The quantitative estimate of drug-likeness (QED) is 0.821. The van der Waals surface area contributed by atoms with E-state index in [-0.39, 0.29) is 11.9 Å². The number of nitrogens with zero attached hydrogens (tertiary/aromatic N) is 2. The molecule has 0 saturated heterocycles. The second-order valence-electron chi connectivity index (χ2n) is 3.97. The largest absolute Gasteiger partial charge is 0.370 e. The first-order chi connectivity index (χ1) is 8.19. The van der Waals surface area contributed by atoms with E-state index in [1.54, 1.807) is 30.1 Å². The molecule has 1 rings (SSSR count). The molecule has 0 aliphatic carbocycles. The summed E-state index contributed by atoms with van der Waals surface area (Å²) in [6.07, 6.45) is 0.974. The van der Waals surface area contributed by atoms with Gasteiger partial charge in [0.2, 0.25) is 0 Å². The number of nitrogens with one attached hydrogen (secondary N) is 1. The molecule has 0 aliphatic rings. The monoisotopic (exact) mass is 235 g/mol. The lowest BCUT2D eigenvalue weighted by atomic mass is 10.2. The van der Waals surface area contributed by atoms with Crippen LogP contribution in [0.2, 0.25) is 0 Å². The van der Waals surface area contributed by atoms with Gasteiger partial charge in [0.15, 0.2) is 0 Å². The van der Waals surface area contributed by atoms with Crippen LogP contribution in [0.3, 0.4) is 0 Å². The number of anilines is 1. The van der Waals surface area contributed by atoms with Gasteiger partial charge in [-0.3, -0.25) is 0 Å². The molecular weight excluding hydrogens is 217 g/mol. The summed E-state index contributed by atoms with van der Waals surface area (Å²) >= 11 is 0. The van der Waals surface area contributed by atoms with Gasteiger partial charge in [0.05, 0.1) is 11.8 Å². The first kappa shape index (κ1) is 13.5. The molecule has 1 N–H and O–H groups in total. The fourth-order valence-electron chi connectivity index (χ4n) is 1.60. The normalized spacial score (nSPS) is 11.9. The van der Waals surface area contributed by atoms with Crippen LogP contribution in [-0.4, -0.2) is 26.2 Å². The van der Waals surface area contributed by atoms with Crippen molar-refractivity contribution in [2.24, 2.45) is 0 Å². The van der Waals surface area contributed by atoms with Crippen molar-refractivity contribution in [2.75, 3.05) is 25.0 Å². The molecule has 3 nitrogen and oxygen atoms in total. The van der Waals surface area contributed by atoms with Crippen molar-refractivity contribution in [1.29, 1.82) is 5.26 Å². The molecule has 1 aromatic carbocycles. The minimum atomic E-state index is -0.278. The zero-order valence-electron chi connectivity index (χ0n) is 10.3. The molecule has 0 spiro atoms. The smallest absolute Gasteiger partial charge is 0.146 e. The van der Waals surface area contributed by atoms with E-state index in [4.69, 9.17) is 5.26 Å². The van der Waals surface area contributed by atoms with Crippen molar-refractivity contribution in [1.82, 2.24) is 5.32 Å². The van der Waals surface area contributed by atoms with Crippen LogP contribution in [0.4, 0.5) is 10.1 Å². The molecule has 0 fully saturated rings. The average Bonchev–Trinajstić information content (AvgIpc) is 2.34. The lowest BCUT2D eigenvalue weighted by molar-refractivity contribution is 0.579. The van der Waals surface area contributed by atoms with Crippen molar-refractivity contribution in [3.8, 4) is 6.07 Å². The number of nitriles is 1. The Morgan fingerprint density at radius 3 is 2.76 bits per heavy atom. The molecule has 0 heterocycles. The molecular formula is C13H18FN3. The van der Waals surface area contributed by atoms with E-state index in [0.717, 1.165) is 13.0 Å². The molecule has 4 heteroatoms. The molecule has 0 aliphatic heterocycles. The zero-order valence-corrected chi connectivity index (χ0v) is 10.3. The number of likely N-dealkylation sites (N-methyl/N-ethyl adjacent to an activating group) is 1. The predicted molar refractivity (Wildman–Crippen MR) is 67.4 cm³/mol. The minimum absolute atomic E-state index is 0.262. The Kier molecular flexibility index (Phi) is 5.44. The number of para-hydroxylation sites is 1. The van der Waals surface area contributed by atoms with Gasteiger partial charge in [0.25, 0.3) is 0 Å². The lowest BCUT2D eigenvalue weighted by Crippen LogP contribution is -2.39. The second-order valence-corrected chi connectivity index (χ2v) is 3.97. The van der Waals surface area contributed by atoms with Crippen LogP contribution in [0, 0.1) is 17.1 Å². The Morgan fingerprint density at radius 1 is 1.47 bits per heavy atom. The van der Waals surface area contributed by atoms with Crippen LogP contribution in [0.5, 0.6) is 0 Å².